The molecular formula is C22H27N3O5S. The Balaban J connectivity index is 1.46. The molecule has 1 N–H and O–H groups in total. The quantitative estimate of drug-likeness (QED) is 0.471. The van der Waals surface area contributed by atoms with Crippen LogP contribution in [-0.4, -0.2) is 57.8 Å². The highest BCUT2D eigenvalue weighted by Gasteiger charge is 2.26. The van der Waals surface area contributed by atoms with Crippen molar-refractivity contribution in [2.45, 2.75) is 24.7 Å². The summed E-state index contributed by atoms with van der Waals surface area (Å²) in [6.45, 7) is 4.08. The Bertz CT molecular complexity index is 983. The Labute approximate surface area is 182 Å². The molecule has 9 heteroatoms. The van der Waals surface area contributed by atoms with Crippen molar-refractivity contribution in [1.29, 1.82) is 0 Å². The first-order valence-electron chi connectivity index (χ1n) is 10.2. The van der Waals surface area contributed by atoms with Gasteiger partial charge in [-0.3, -0.25) is 4.79 Å². The Morgan fingerprint density at radius 2 is 1.81 bits per heavy atom. The monoisotopic (exact) mass is 445 g/mol. The fraction of sp³-hybridized carbons (Fsp3) is 0.364. The number of amides is 1. The maximum absolute atomic E-state index is 12.6. The minimum atomic E-state index is -3.51. The van der Waals surface area contributed by atoms with Gasteiger partial charge in [-0.25, -0.2) is 13.8 Å². The van der Waals surface area contributed by atoms with Gasteiger partial charge < -0.3 is 9.47 Å². The molecule has 2 aromatic carbocycles. The number of hydrazone groups is 1. The second-order valence-electron chi connectivity index (χ2n) is 6.96. The number of rotatable bonds is 9. The fourth-order valence-electron chi connectivity index (χ4n) is 3.07. The molecule has 0 unspecified atom stereocenters. The van der Waals surface area contributed by atoms with E-state index in [0.29, 0.717) is 39.3 Å². The number of aryl methyl sites for hydroxylation is 1. The minimum absolute atomic E-state index is 0.216. The molecule has 8 nitrogen and oxygen atoms in total. The lowest BCUT2D eigenvalue weighted by Gasteiger charge is -2.26. The first-order valence-corrected chi connectivity index (χ1v) is 11.6. The van der Waals surface area contributed by atoms with Gasteiger partial charge in [0.15, 0.2) is 0 Å². The molecular weight excluding hydrogens is 418 g/mol. The average molecular weight is 446 g/mol. The normalized spacial score (nSPS) is 15.1. The van der Waals surface area contributed by atoms with E-state index >= 15 is 0 Å². The first-order chi connectivity index (χ1) is 15.0. The third-order valence-electron chi connectivity index (χ3n) is 4.77. The zero-order chi connectivity index (χ0) is 22.1. The minimum Gasteiger partial charge on any atom is -0.494 e. The van der Waals surface area contributed by atoms with Crippen molar-refractivity contribution in [3.05, 3.63) is 59.7 Å². The SMILES string of the molecule is CCOc1ccc(/C=N/NC(=O)CCc2ccc(S(=O)(=O)N3CCOCC3)cc2)cc1. The summed E-state index contributed by atoms with van der Waals surface area (Å²) in [6.07, 6.45) is 2.30. The van der Waals surface area contributed by atoms with Crippen LogP contribution in [0.25, 0.3) is 0 Å². The summed E-state index contributed by atoms with van der Waals surface area (Å²) in [7, 11) is -3.51. The molecule has 0 saturated carbocycles. The van der Waals surface area contributed by atoms with Gasteiger partial charge in [0.05, 0.1) is 30.9 Å². The van der Waals surface area contributed by atoms with Gasteiger partial charge in [-0.1, -0.05) is 12.1 Å². The summed E-state index contributed by atoms with van der Waals surface area (Å²) in [4.78, 5) is 12.3. The molecule has 0 aliphatic carbocycles. The number of hydrogen-bond acceptors (Lipinski definition) is 6. The van der Waals surface area contributed by atoms with Crippen molar-refractivity contribution in [3.63, 3.8) is 0 Å². The molecule has 0 atom stereocenters. The van der Waals surface area contributed by atoms with Crippen molar-refractivity contribution in [2.24, 2.45) is 5.10 Å². The summed E-state index contributed by atoms with van der Waals surface area (Å²) < 4.78 is 37.3. The van der Waals surface area contributed by atoms with Crippen molar-refractivity contribution in [1.82, 2.24) is 9.73 Å². The topological polar surface area (TPSA) is 97.3 Å². The lowest BCUT2D eigenvalue weighted by atomic mass is 10.1. The van der Waals surface area contributed by atoms with Gasteiger partial charge in [0.1, 0.15) is 5.75 Å². The number of carbonyl (C=O) groups is 1. The highest BCUT2D eigenvalue weighted by atomic mass is 32.2. The van der Waals surface area contributed by atoms with Crippen molar-refractivity contribution < 1.29 is 22.7 Å². The van der Waals surface area contributed by atoms with Gasteiger partial charge in [0, 0.05) is 19.5 Å². The molecule has 166 valence electrons. The molecule has 0 spiro atoms. The first kappa shape index (κ1) is 22.9. The van der Waals surface area contributed by atoms with Crippen LogP contribution in [0.2, 0.25) is 0 Å². The van der Waals surface area contributed by atoms with E-state index in [9.17, 15) is 13.2 Å². The van der Waals surface area contributed by atoms with E-state index in [-0.39, 0.29) is 17.2 Å². The molecule has 1 saturated heterocycles. The standard InChI is InChI=1S/C22H27N3O5S/c1-2-30-20-8-3-19(4-9-20)17-23-24-22(26)12-7-18-5-10-21(11-6-18)31(27,28)25-13-15-29-16-14-25/h3-6,8-11,17H,2,7,12-16H2,1H3,(H,24,26)/b23-17+. The fourth-order valence-corrected chi connectivity index (χ4v) is 4.48. The molecule has 1 aliphatic rings. The maximum atomic E-state index is 12.6. The molecule has 1 fully saturated rings. The van der Waals surface area contributed by atoms with Gasteiger partial charge >= 0.3 is 0 Å². The molecule has 0 radical (unpaired) electrons. The molecule has 2 aromatic rings. The number of nitrogens with one attached hydrogen (secondary N) is 1. The van der Waals surface area contributed by atoms with Crippen LogP contribution in [-0.2, 0) is 26.0 Å². The third kappa shape index (κ3) is 6.61. The second-order valence-corrected chi connectivity index (χ2v) is 8.89. The Kier molecular flexibility index (Phi) is 8.16. The van der Waals surface area contributed by atoms with Crippen molar-refractivity contribution in [3.8, 4) is 5.75 Å². The smallest absolute Gasteiger partial charge is 0.243 e. The molecule has 1 heterocycles. The number of nitrogens with zero attached hydrogens (tertiary/aromatic N) is 2. The van der Waals surface area contributed by atoms with Gasteiger partial charge in [-0.2, -0.15) is 9.41 Å². The van der Waals surface area contributed by atoms with Crippen LogP contribution >= 0.6 is 0 Å². The Morgan fingerprint density at radius 1 is 1.13 bits per heavy atom. The highest BCUT2D eigenvalue weighted by Crippen LogP contribution is 2.18. The summed E-state index contributed by atoms with van der Waals surface area (Å²) in [6, 6.07) is 14.0. The summed E-state index contributed by atoms with van der Waals surface area (Å²) >= 11 is 0. The summed E-state index contributed by atoms with van der Waals surface area (Å²) in [5, 5.41) is 3.97. The van der Waals surface area contributed by atoms with E-state index < -0.39 is 10.0 Å². The predicted octanol–water partition coefficient (Wildman–Crippen LogP) is 2.19. The van der Waals surface area contributed by atoms with E-state index in [1.54, 1.807) is 30.5 Å². The van der Waals surface area contributed by atoms with E-state index in [1.165, 1.54) is 4.31 Å². The molecule has 3 rings (SSSR count). The Morgan fingerprint density at radius 3 is 2.45 bits per heavy atom. The van der Waals surface area contributed by atoms with Crippen molar-refractivity contribution >= 4 is 22.1 Å². The van der Waals surface area contributed by atoms with Crippen LogP contribution in [0.5, 0.6) is 5.75 Å². The molecule has 0 bridgehead atoms. The highest BCUT2D eigenvalue weighted by molar-refractivity contribution is 7.89. The largest absolute Gasteiger partial charge is 0.494 e. The molecule has 1 amide bonds. The van der Waals surface area contributed by atoms with E-state index in [2.05, 4.69) is 10.5 Å². The van der Waals surface area contributed by atoms with Gasteiger partial charge in [0.2, 0.25) is 15.9 Å². The summed E-state index contributed by atoms with van der Waals surface area (Å²) in [5.41, 5.74) is 4.23. The number of ether oxygens (including phenoxy) is 2. The van der Waals surface area contributed by atoms with E-state index in [4.69, 9.17) is 9.47 Å². The van der Waals surface area contributed by atoms with Crippen LogP contribution in [0.3, 0.4) is 0 Å². The van der Waals surface area contributed by atoms with E-state index in [0.717, 1.165) is 16.9 Å². The second kappa shape index (κ2) is 11.0. The lowest BCUT2D eigenvalue weighted by Crippen LogP contribution is -2.40. The maximum Gasteiger partial charge on any atom is 0.243 e. The van der Waals surface area contributed by atoms with Gasteiger partial charge in [-0.15, -0.1) is 0 Å². The zero-order valence-corrected chi connectivity index (χ0v) is 18.3. The number of hydrogen-bond donors (Lipinski definition) is 1. The summed E-state index contributed by atoms with van der Waals surface area (Å²) in [5.74, 6) is 0.569. The van der Waals surface area contributed by atoms with Gasteiger partial charge in [-0.05, 0) is 60.9 Å². The average Bonchev–Trinajstić information content (AvgIpc) is 2.80. The molecule has 31 heavy (non-hydrogen) atoms. The van der Waals surface area contributed by atoms with E-state index in [1.807, 2.05) is 31.2 Å². The lowest BCUT2D eigenvalue weighted by molar-refractivity contribution is -0.121. The van der Waals surface area contributed by atoms with Crippen LogP contribution in [0, 0.1) is 0 Å². The van der Waals surface area contributed by atoms with Crippen LogP contribution < -0.4 is 10.2 Å². The van der Waals surface area contributed by atoms with Gasteiger partial charge in [0.25, 0.3) is 0 Å². The Hall–Kier alpha value is -2.75. The number of sulfonamides is 1. The van der Waals surface area contributed by atoms with Crippen LogP contribution in [0.1, 0.15) is 24.5 Å². The zero-order valence-electron chi connectivity index (χ0n) is 17.5. The predicted molar refractivity (Wildman–Crippen MR) is 118 cm³/mol. The third-order valence-corrected chi connectivity index (χ3v) is 6.68. The molecule has 0 aromatic heterocycles. The van der Waals surface area contributed by atoms with Crippen LogP contribution in [0.15, 0.2) is 58.5 Å². The number of benzene rings is 2. The number of morpholine rings is 1. The van der Waals surface area contributed by atoms with Crippen molar-refractivity contribution in [2.75, 3.05) is 32.9 Å². The molecule has 1 aliphatic heterocycles. The number of carbonyl (C=O) groups excluding carboxylic acids is 1. The van der Waals surface area contributed by atoms with Crippen LogP contribution in [0.4, 0.5) is 0 Å².